The predicted octanol–water partition coefficient (Wildman–Crippen LogP) is 3.30. The zero-order valence-corrected chi connectivity index (χ0v) is 12.6. The molecule has 2 heteroatoms. The summed E-state index contributed by atoms with van der Waals surface area (Å²) in [6.07, 6.45) is 2.78. The first-order valence-electron chi connectivity index (χ1n) is 6.94. The molecule has 0 aromatic rings. The van der Waals surface area contributed by atoms with Crippen molar-refractivity contribution in [1.29, 1.82) is 0 Å². The van der Waals surface area contributed by atoms with Crippen LogP contribution in [0.1, 0.15) is 60.8 Å². The Bertz CT molecular complexity index is 239. The summed E-state index contributed by atoms with van der Waals surface area (Å²) < 4.78 is 0. The summed E-state index contributed by atoms with van der Waals surface area (Å²) in [6, 6.07) is 0. The summed E-state index contributed by atoms with van der Waals surface area (Å²) in [5.41, 5.74) is 0.160. The molecule has 0 atom stereocenters. The molecule has 0 spiro atoms. The largest absolute Gasteiger partial charge is 0.390 e. The fraction of sp³-hybridized carbons (Fsp3) is 1.00. The van der Waals surface area contributed by atoms with Crippen LogP contribution in [0.2, 0.25) is 0 Å². The number of likely N-dealkylation sites (tertiary alicyclic amines) is 1. The molecule has 0 saturated carbocycles. The molecule has 0 radical (unpaired) electrons. The van der Waals surface area contributed by atoms with Crippen molar-refractivity contribution in [2.75, 3.05) is 19.6 Å². The van der Waals surface area contributed by atoms with Gasteiger partial charge in [-0.1, -0.05) is 41.5 Å². The van der Waals surface area contributed by atoms with Crippen LogP contribution in [0.25, 0.3) is 0 Å². The predicted molar refractivity (Wildman–Crippen MR) is 74.2 cm³/mol. The SMILES string of the molecule is CC(C)(C)CN1CCC(O)(CC(C)(C)C)CC1. The molecule has 0 aromatic carbocycles. The van der Waals surface area contributed by atoms with Crippen molar-refractivity contribution in [2.24, 2.45) is 10.8 Å². The van der Waals surface area contributed by atoms with Gasteiger partial charge >= 0.3 is 0 Å². The second-order valence-electron chi connectivity index (χ2n) is 8.30. The zero-order chi connectivity index (χ0) is 13.3. The zero-order valence-electron chi connectivity index (χ0n) is 12.6. The van der Waals surface area contributed by atoms with Gasteiger partial charge in [0.25, 0.3) is 0 Å². The Kier molecular flexibility index (Phi) is 4.31. The minimum absolute atomic E-state index is 0.223. The maximum atomic E-state index is 10.6. The summed E-state index contributed by atoms with van der Waals surface area (Å²) in [5, 5.41) is 10.6. The molecule has 1 fully saturated rings. The quantitative estimate of drug-likeness (QED) is 0.802. The van der Waals surface area contributed by atoms with Crippen LogP contribution in [0.4, 0.5) is 0 Å². The van der Waals surface area contributed by atoms with Gasteiger partial charge in [0.2, 0.25) is 0 Å². The first kappa shape index (κ1) is 15.0. The molecule has 17 heavy (non-hydrogen) atoms. The van der Waals surface area contributed by atoms with E-state index in [1.165, 1.54) is 0 Å². The van der Waals surface area contributed by atoms with Gasteiger partial charge in [0.1, 0.15) is 0 Å². The third-order valence-corrected chi connectivity index (χ3v) is 3.34. The highest BCUT2D eigenvalue weighted by atomic mass is 16.3. The Morgan fingerprint density at radius 2 is 1.41 bits per heavy atom. The normalized spacial score (nSPS) is 22.8. The third kappa shape index (κ3) is 5.87. The van der Waals surface area contributed by atoms with Crippen LogP contribution in [-0.4, -0.2) is 35.2 Å². The first-order chi connectivity index (χ1) is 7.49. The van der Waals surface area contributed by atoms with Gasteiger partial charge in [-0.2, -0.15) is 0 Å². The summed E-state index contributed by atoms with van der Waals surface area (Å²) >= 11 is 0. The van der Waals surface area contributed by atoms with Crippen LogP contribution in [0.5, 0.6) is 0 Å². The summed E-state index contributed by atoms with van der Waals surface area (Å²) in [4.78, 5) is 2.50. The maximum absolute atomic E-state index is 10.6. The molecule has 2 nitrogen and oxygen atoms in total. The van der Waals surface area contributed by atoms with E-state index in [1.807, 2.05) is 0 Å². The van der Waals surface area contributed by atoms with Crippen LogP contribution >= 0.6 is 0 Å². The van der Waals surface area contributed by atoms with E-state index in [0.717, 1.165) is 38.9 Å². The smallest absolute Gasteiger partial charge is 0.0677 e. The standard InChI is InChI=1S/C15H31NO/c1-13(2,3)11-15(17)7-9-16(10-8-15)12-14(4,5)6/h17H,7-12H2,1-6H3. The van der Waals surface area contributed by atoms with Crippen molar-refractivity contribution in [3.05, 3.63) is 0 Å². The Morgan fingerprint density at radius 3 is 1.76 bits per heavy atom. The van der Waals surface area contributed by atoms with Crippen molar-refractivity contribution in [1.82, 2.24) is 4.90 Å². The van der Waals surface area contributed by atoms with Gasteiger partial charge in [0.05, 0.1) is 5.60 Å². The average Bonchev–Trinajstić information content (AvgIpc) is 2.04. The number of aliphatic hydroxyl groups is 1. The van der Waals surface area contributed by atoms with Gasteiger partial charge in [0, 0.05) is 19.6 Å². The monoisotopic (exact) mass is 241 g/mol. The van der Waals surface area contributed by atoms with E-state index in [2.05, 4.69) is 46.4 Å². The third-order valence-electron chi connectivity index (χ3n) is 3.34. The van der Waals surface area contributed by atoms with Gasteiger partial charge in [-0.3, -0.25) is 0 Å². The van der Waals surface area contributed by atoms with E-state index in [1.54, 1.807) is 0 Å². The summed E-state index contributed by atoms with van der Waals surface area (Å²) in [7, 11) is 0. The lowest BCUT2D eigenvalue weighted by Gasteiger charge is -2.43. The Morgan fingerprint density at radius 1 is 0.941 bits per heavy atom. The lowest BCUT2D eigenvalue weighted by molar-refractivity contribution is -0.0529. The van der Waals surface area contributed by atoms with E-state index in [9.17, 15) is 5.11 Å². The van der Waals surface area contributed by atoms with E-state index in [-0.39, 0.29) is 5.41 Å². The molecule has 1 saturated heterocycles. The molecule has 102 valence electrons. The average molecular weight is 241 g/mol. The van der Waals surface area contributed by atoms with Gasteiger partial charge < -0.3 is 10.0 Å². The minimum atomic E-state index is -0.424. The molecule has 0 aromatic heterocycles. The van der Waals surface area contributed by atoms with Gasteiger partial charge in [-0.15, -0.1) is 0 Å². The molecule has 0 amide bonds. The fourth-order valence-corrected chi connectivity index (χ4v) is 2.96. The summed E-state index contributed by atoms with van der Waals surface area (Å²) in [5.74, 6) is 0. The summed E-state index contributed by atoms with van der Waals surface area (Å²) in [6.45, 7) is 16.7. The van der Waals surface area contributed by atoms with Crippen molar-refractivity contribution in [3.8, 4) is 0 Å². The van der Waals surface area contributed by atoms with E-state index < -0.39 is 5.60 Å². The van der Waals surface area contributed by atoms with Crippen LogP contribution in [0.3, 0.4) is 0 Å². The van der Waals surface area contributed by atoms with Crippen LogP contribution < -0.4 is 0 Å². The first-order valence-corrected chi connectivity index (χ1v) is 6.94. The molecular formula is C15H31NO. The molecule has 0 unspecified atom stereocenters. The van der Waals surface area contributed by atoms with E-state index in [0.29, 0.717) is 5.41 Å². The number of hydrogen-bond acceptors (Lipinski definition) is 2. The lowest BCUT2D eigenvalue weighted by atomic mass is 9.77. The number of rotatable bonds is 2. The number of piperidine rings is 1. The van der Waals surface area contributed by atoms with Gasteiger partial charge in [-0.05, 0) is 30.1 Å². The molecular weight excluding hydrogens is 210 g/mol. The molecule has 1 aliphatic rings. The second-order valence-corrected chi connectivity index (χ2v) is 8.30. The van der Waals surface area contributed by atoms with Crippen molar-refractivity contribution in [3.63, 3.8) is 0 Å². The van der Waals surface area contributed by atoms with Gasteiger partial charge in [-0.25, -0.2) is 0 Å². The molecule has 1 rings (SSSR count). The Balaban J connectivity index is 2.45. The van der Waals surface area contributed by atoms with Gasteiger partial charge in [0.15, 0.2) is 0 Å². The van der Waals surface area contributed by atoms with Crippen molar-refractivity contribution < 1.29 is 5.11 Å². The van der Waals surface area contributed by atoms with Crippen LogP contribution in [-0.2, 0) is 0 Å². The fourth-order valence-electron chi connectivity index (χ4n) is 2.96. The van der Waals surface area contributed by atoms with E-state index >= 15 is 0 Å². The Labute approximate surface area is 107 Å². The highest BCUT2D eigenvalue weighted by Gasteiger charge is 2.36. The molecule has 0 aliphatic carbocycles. The maximum Gasteiger partial charge on any atom is 0.0677 e. The minimum Gasteiger partial charge on any atom is -0.390 e. The molecule has 1 heterocycles. The number of hydrogen-bond donors (Lipinski definition) is 1. The topological polar surface area (TPSA) is 23.5 Å². The van der Waals surface area contributed by atoms with E-state index in [4.69, 9.17) is 0 Å². The highest BCUT2D eigenvalue weighted by molar-refractivity contribution is 4.90. The lowest BCUT2D eigenvalue weighted by Crippen LogP contribution is -2.48. The second kappa shape index (κ2) is 4.89. The van der Waals surface area contributed by atoms with Crippen LogP contribution in [0.15, 0.2) is 0 Å². The van der Waals surface area contributed by atoms with Crippen molar-refractivity contribution in [2.45, 2.75) is 66.4 Å². The van der Waals surface area contributed by atoms with Crippen LogP contribution in [0, 0.1) is 10.8 Å². The Hall–Kier alpha value is -0.0800. The molecule has 0 bridgehead atoms. The molecule has 1 aliphatic heterocycles. The highest BCUT2D eigenvalue weighted by Crippen LogP contribution is 2.35. The van der Waals surface area contributed by atoms with Crippen molar-refractivity contribution >= 4 is 0 Å². The molecule has 1 N–H and O–H groups in total. The number of nitrogens with zero attached hydrogens (tertiary/aromatic N) is 1.